The quantitative estimate of drug-likeness (QED) is 0.404. The molecule has 0 aliphatic heterocycles. The van der Waals surface area contributed by atoms with Crippen molar-refractivity contribution >= 4 is 17.6 Å². The predicted octanol–water partition coefficient (Wildman–Crippen LogP) is 5.66. The molecule has 178 valence electrons. The number of rotatable bonds is 8. The van der Waals surface area contributed by atoms with Gasteiger partial charge in [-0.2, -0.15) is 9.78 Å². The Bertz CT molecular complexity index is 1150. The van der Waals surface area contributed by atoms with Gasteiger partial charge in [-0.25, -0.2) is 4.79 Å². The zero-order valence-electron chi connectivity index (χ0n) is 19.8. The second-order valence-electron chi connectivity index (χ2n) is 8.87. The Labute approximate surface area is 200 Å². The molecule has 7 heteroatoms. The van der Waals surface area contributed by atoms with Gasteiger partial charge in [-0.1, -0.05) is 50.6 Å². The number of aromatic nitrogens is 2. The Morgan fingerprint density at radius 3 is 2.44 bits per heavy atom. The molecule has 2 aromatic carbocycles. The first-order chi connectivity index (χ1) is 16.5. The van der Waals surface area contributed by atoms with E-state index in [0.717, 1.165) is 43.4 Å². The Balaban J connectivity index is 1.55. The number of phenols is 1. The lowest BCUT2D eigenvalue weighted by atomic mass is 9.82. The van der Waals surface area contributed by atoms with Crippen molar-refractivity contribution in [3.05, 3.63) is 65.9 Å². The molecule has 0 unspecified atom stereocenters. The average Bonchev–Trinajstić information content (AvgIpc) is 3.22. The van der Waals surface area contributed by atoms with Crippen LogP contribution in [0.15, 0.2) is 54.6 Å². The smallest absolute Gasteiger partial charge is 0.342 e. The summed E-state index contributed by atoms with van der Waals surface area (Å²) in [7, 11) is 0. The molecular formula is C27H32N4O3. The van der Waals surface area contributed by atoms with Crippen LogP contribution in [0.3, 0.4) is 0 Å². The number of aromatic hydroxyl groups is 1. The summed E-state index contributed by atoms with van der Waals surface area (Å²) in [5.74, 6) is 0.182. The van der Waals surface area contributed by atoms with Crippen molar-refractivity contribution < 1.29 is 14.7 Å². The minimum Gasteiger partial charge on any atom is -0.507 e. The molecule has 1 saturated carbocycles. The molecule has 2 amide bonds. The second-order valence-corrected chi connectivity index (χ2v) is 8.87. The van der Waals surface area contributed by atoms with E-state index in [1.807, 2.05) is 50.2 Å². The molecule has 0 spiro atoms. The van der Waals surface area contributed by atoms with Gasteiger partial charge in [-0.3, -0.25) is 4.79 Å². The van der Waals surface area contributed by atoms with Crippen molar-refractivity contribution in [2.24, 2.45) is 5.92 Å². The summed E-state index contributed by atoms with van der Waals surface area (Å²) in [5.41, 5.74) is 3.47. The van der Waals surface area contributed by atoms with Crippen LogP contribution in [0.2, 0.25) is 0 Å². The summed E-state index contributed by atoms with van der Waals surface area (Å²) in [6.07, 6.45) is 4.70. The highest BCUT2D eigenvalue weighted by Crippen LogP contribution is 2.39. The molecule has 3 aromatic rings. The van der Waals surface area contributed by atoms with Gasteiger partial charge < -0.3 is 15.7 Å². The normalized spacial score (nSPS) is 13.5. The summed E-state index contributed by atoms with van der Waals surface area (Å²) in [4.78, 5) is 25.4. The lowest BCUT2D eigenvalue weighted by Gasteiger charge is -2.25. The van der Waals surface area contributed by atoms with Crippen molar-refractivity contribution in [2.75, 3.05) is 5.32 Å². The van der Waals surface area contributed by atoms with Crippen molar-refractivity contribution in [1.29, 1.82) is 0 Å². The largest absolute Gasteiger partial charge is 0.507 e. The topological polar surface area (TPSA) is 96.3 Å². The van der Waals surface area contributed by atoms with Gasteiger partial charge in [0.1, 0.15) is 5.75 Å². The highest BCUT2D eigenvalue weighted by molar-refractivity contribution is 5.93. The molecule has 3 N–H and O–H groups in total. The van der Waals surface area contributed by atoms with Crippen LogP contribution in [0.5, 0.6) is 5.75 Å². The number of hydrogen-bond donors (Lipinski definition) is 3. The molecule has 0 radical (unpaired) electrons. The number of anilines is 1. The fourth-order valence-corrected chi connectivity index (χ4v) is 4.26. The maximum Gasteiger partial charge on any atom is 0.342 e. The SMILES string of the molecule is CCC(CC)C(=O)Nc1ccc(-c2cc(C3CCC3)n(C(=O)NCc3ccccc3)n2)c(O)c1. The molecule has 1 fully saturated rings. The van der Waals surface area contributed by atoms with Crippen LogP contribution in [-0.2, 0) is 11.3 Å². The van der Waals surface area contributed by atoms with E-state index in [-0.39, 0.29) is 29.5 Å². The minimum absolute atomic E-state index is 0.0110. The number of nitrogens with zero attached hydrogens (tertiary/aromatic N) is 2. The van der Waals surface area contributed by atoms with Crippen LogP contribution in [0.4, 0.5) is 10.5 Å². The fourth-order valence-electron chi connectivity index (χ4n) is 4.26. The molecule has 0 saturated heterocycles. The predicted molar refractivity (Wildman–Crippen MR) is 133 cm³/mol. The zero-order valence-corrected chi connectivity index (χ0v) is 19.8. The molecule has 4 rings (SSSR count). The number of amides is 2. The fraction of sp³-hybridized carbons (Fsp3) is 0.370. The van der Waals surface area contributed by atoms with E-state index in [0.29, 0.717) is 23.5 Å². The van der Waals surface area contributed by atoms with Crippen LogP contribution < -0.4 is 10.6 Å². The molecule has 1 heterocycles. The van der Waals surface area contributed by atoms with E-state index in [1.165, 1.54) is 10.7 Å². The van der Waals surface area contributed by atoms with E-state index in [2.05, 4.69) is 15.7 Å². The van der Waals surface area contributed by atoms with Crippen molar-refractivity contribution in [3.8, 4) is 17.0 Å². The highest BCUT2D eigenvalue weighted by atomic mass is 16.3. The number of carbonyl (C=O) groups excluding carboxylic acids is 2. The third kappa shape index (κ3) is 5.14. The zero-order chi connectivity index (χ0) is 24.1. The van der Waals surface area contributed by atoms with Gasteiger partial charge in [0.25, 0.3) is 0 Å². The maximum atomic E-state index is 13.0. The average molecular weight is 461 g/mol. The number of nitrogens with one attached hydrogen (secondary N) is 2. The highest BCUT2D eigenvalue weighted by Gasteiger charge is 2.27. The monoisotopic (exact) mass is 460 g/mol. The summed E-state index contributed by atoms with van der Waals surface area (Å²) in [6.45, 7) is 4.38. The Morgan fingerprint density at radius 2 is 1.82 bits per heavy atom. The van der Waals surface area contributed by atoms with E-state index in [4.69, 9.17) is 0 Å². The first kappa shape index (κ1) is 23.5. The standard InChI is InChI=1S/C27H32N4O3/c1-3-19(4-2)26(33)29-21-13-14-22(25(32)15-21)23-16-24(20-11-8-12-20)31(30-23)27(34)28-17-18-9-6-5-7-10-18/h5-7,9-10,13-16,19-20,32H,3-4,8,11-12,17H2,1-2H3,(H,28,34)(H,29,33). The number of hydrogen-bond acceptors (Lipinski definition) is 4. The van der Waals surface area contributed by atoms with Crippen molar-refractivity contribution in [2.45, 2.75) is 58.4 Å². The molecule has 34 heavy (non-hydrogen) atoms. The molecule has 0 bridgehead atoms. The molecular weight excluding hydrogens is 428 g/mol. The van der Waals surface area contributed by atoms with Crippen LogP contribution in [0.1, 0.15) is 63.1 Å². The van der Waals surface area contributed by atoms with Gasteiger partial charge in [-0.05, 0) is 49.4 Å². The van der Waals surface area contributed by atoms with Gasteiger partial charge >= 0.3 is 6.03 Å². The summed E-state index contributed by atoms with van der Waals surface area (Å²) in [6, 6.07) is 16.4. The van der Waals surface area contributed by atoms with Crippen LogP contribution in [0, 0.1) is 5.92 Å². The van der Waals surface area contributed by atoms with Gasteiger partial charge in [0, 0.05) is 35.7 Å². The Kier molecular flexibility index (Phi) is 7.30. The van der Waals surface area contributed by atoms with Crippen molar-refractivity contribution in [1.82, 2.24) is 15.1 Å². The molecule has 7 nitrogen and oxygen atoms in total. The lowest BCUT2D eigenvalue weighted by molar-refractivity contribution is -0.120. The second kappa shape index (κ2) is 10.5. The Morgan fingerprint density at radius 1 is 1.09 bits per heavy atom. The van der Waals surface area contributed by atoms with E-state index >= 15 is 0 Å². The molecule has 0 atom stereocenters. The third-order valence-electron chi connectivity index (χ3n) is 6.64. The molecule has 1 aliphatic carbocycles. The molecule has 1 aliphatic rings. The van der Waals surface area contributed by atoms with Crippen LogP contribution >= 0.6 is 0 Å². The summed E-state index contributed by atoms with van der Waals surface area (Å²) in [5, 5.41) is 21.1. The first-order valence-corrected chi connectivity index (χ1v) is 12.1. The number of phenolic OH excluding ortho intramolecular Hbond substituents is 1. The van der Waals surface area contributed by atoms with Gasteiger partial charge in [-0.15, -0.1) is 0 Å². The lowest BCUT2D eigenvalue weighted by Crippen LogP contribution is -2.31. The first-order valence-electron chi connectivity index (χ1n) is 12.1. The maximum absolute atomic E-state index is 13.0. The van der Waals surface area contributed by atoms with Gasteiger partial charge in [0.05, 0.1) is 11.4 Å². The third-order valence-corrected chi connectivity index (χ3v) is 6.64. The van der Waals surface area contributed by atoms with E-state index < -0.39 is 0 Å². The van der Waals surface area contributed by atoms with E-state index in [9.17, 15) is 14.7 Å². The van der Waals surface area contributed by atoms with Crippen LogP contribution in [-0.4, -0.2) is 26.8 Å². The minimum atomic E-state index is -0.287. The van der Waals surface area contributed by atoms with Crippen molar-refractivity contribution in [3.63, 3.8) is 0 Å². The van der Waals surface area contributed by atoms with Gasteiger partial charge in [0.15, 0.2) is 0 Å². The number of benzene rings is 2. The number of carbonyl (C=O) groups is 2. The summed E-state index contributed by atoms with van der Waals surface area (Å²) >= 11 is 0. The van der Waals surface area contributed by atoms with Crippen LogP contribution in [0.25, 0.3) is 11.3 Å². The Hall–Kier alpha value is -3.61. The summed E-state index contributed by atoms with van der Waals surface area (Å²) < 4.78 is 1.43. The molecule has 1 aromatic heterocycles. The van der Waals surface area contributed by atoms with E-state index in [1.54, 1.807) is 12.1 Å². The van der Waals surface area contributed by atoms with Gasteiger partial charge in [0.2, 0.25) is 5.91 Å².